The van der Waals surface area contributed by atoms with Gasteiger partial charge in [0.05, 0.1) is 6.10 Å². The molecule has 0 spiro atoms. The fourth-order valence-electron chi connectivity index (χ4n) is 2.12. The van der Waals surface area contributed by atoms with E-state index in [9.17, 15) is 9.50 Å². The van der Waals surface area contributed by atoms with Crippen molar-refractivity contribution in [1.29, 1.82) is 0 Å². The number of aryl methyl sites for hydroxylation is 1. The highest BCUT2D eigenvalue weighted by Gasteiger charge is 2.11. The standard InChI is InChI=1S/C16H16BrFO/c1-11-4-2-3-5-12(11)9-15(19)10-13-8-14(17)6-7-16(13)18/h2-8,15,19H,9-10H2,1H3. The van der Waals surface area contributed by atoms with Crippen LogP contribution in [-0.2, 0) is 12.8 Å². The third-order valence-corrected chi connectivity index (χ3v) is 3.67. The number of hydrogen-bond acceptors (Lipinski definition) is 1. The number of hydrogen-bond donors (Lipinski definition) is 1. The summed E-state index contributed by atoms with van der Waals surface area (Å²) >= 11 is 3.32. The molecule has 0 aliphatic heterocycles. The lowest BCUT2D eigenvalue weighted by atomic mass is 9.98. The molecular formula is C16H16BrFO. The Morgan fingerprint density at radius 2 is 1.79 bits per heavy atom. The van der Waals surface area contributed by atoms with E-state index >= 15 is 0 Å². The number of aliphatic hydroxyl groups excluding tert-OH is 1. The van der Waals surface area contributed by atoms with Crippen molar-refractivity contribution in [3.8, 4) is 0 Å². The molecule has 0 saturated carbocycles. The Morgan fingerprint density at radius 3 is 2.53 bits per heavy atom. The van der Waals surface area contributed by atoms with Crippen molar-refractivity contribution in [3.05, 3.63) is 69.4 Å². The van der Waals surface area contributed by atoms with Crippen LogP contribution in [0.25, 0.3) is 0 Å². The van der Waals surface area contributed by atoms with Crippen molar-refractivity contribution in [2.75, 3.05) is 0 Å². The van der Waals surface area contributed by atoms with E-state index in [1.165, 1.54) is 6.07 Å². The van der Waals surface area contributed by atoms with Crippen molar-refractivity contribution in [2.45, 2.75) is 25.9 Å². The number of rotatable bonds is 4. The van der Waals surface area contributed by atoms with Gasteiger partial charge in [-0.1, -0.05) is 40.2 Å². The highest BCUT2D eigenvalue weighted by atomic mass is 79.9. The molecule has 1 nitrogen and oxygen atoms in total. The maximum Gasteiger partial charge on any atom is 0.126 e. The summed E-state index contributed by atoms with van der Waals surface area (Å²) in [5, 5.41) is 10.1. The summed E-state index contributed by atoms with van der Waals surface area (Å²) in [7, 11) is 0. The Kier molecular flexibility index (Phi) is 4.72. The minimum Gasteiger partial charge on any atom is -0.392 e. The van der Waals surface area contributed by atoms with Crippen LogP contribution >= 0.6 is 15.9 Å². The molecule has 2 rings (SSSR count). The summed E-state index contributed by atoms with van der Waals surface area (Å²) in [5.41, 5.74) is 2.79. The largest absolute Gasteiger partial charge is 0.392 e. The van der Waals surface area contributed by atoms with Crippen LogP contribution in [-0.4, -0.2) is 11.2 Å². The van der Waals surface area contributed by atoms with E-state index in [-0.39, 0.29) is 5.82 Å². The van der Waals surface area contributed by atoms with Gasteiger partial charge in [-0.15, -0.1) is 0 Å². The summed E-state index contributed by atoms with van der Waals surface area (Å²) in [6.07, 6.45) is 0.281. The molecule has 19 heavy (non-hydrogen) atoms. The third kappa shape index (κ3) is 3.88. The molecule has 2 aromatic carbocycles. The van der Waals surface area contributed by atoms with Gasteiger partial charge in [0.15, 0.2) is 0 Å². The zero-order chi connectivity index (χ0) is 13.8. The van der Waals surface area contributed by atoms with Gasteiger partial charge in [-0.05, 0) is 48.2 Å². The van der Waals surface area contributed by atoms with Gasteiger partial charge in [-0.2, -0.15) is 0 Å². The van der Waals surface area contributed by atoms with Crippen molar-refractivity contribution >= 4 is 15.9 Å². The summed E-state index contributed by atoms with van der Waals surface area (Å²) in [6.45, 7) is 2.02. The normalized spacial score (nSPS) is 12.4. The fourth-order valence-corrected chi connectivity index (χ4v) is 2.53. The molecule has 3 heteroatoms. The molecule has 0 heterocycles. The first-order valence-corrected chi connectivity index (χ1v) is 7.02. The van der Waals surface area contributed by atoms with Crippen molar-refractivity contribution < 1.29 is 9.50 Å². The maximum absolute atomic E-state index is 13.6. The SMILES string of the molecule is Cc1ccccc1CC(O)Cc1cc(Br)ccc1F. The Bertz CT molecular complexity index is 568. The fraction of sp³-hybridized carbons (Fsp3) is 0.250. The lowest BCUT2D eigenvalue weighted by Gasteiger charge is -2.13. The first kappa shape index (κ1) is 14.2. The van der Waals surface area contributed by atoms with Gasteiger partial charge in [0.25, 0.3) is 0 Å². The minimum atomic E-state index is -0.579. The number of halogens is 2. The van der Waals surface area contributed by atoms with Crippen LogP contribution in [0.4, 0.5) is 4.39 Å². The molecule has 1 atom stereocenters. The molecule has 0 radical (unpaired) electrons. The topological polar surface area (TPSA) is 20.2 Å². The van der Waals surface area contributed by atoms with E-state index in [0.29, 0.717) is 18.4 Å². The molecule has 1 unspecified atom stereocenters. The molecule has 0 fully saturated rings. The first-order chi connectivity index (χ1) is 9.06. The van der Waals surface area contributed by atoms with Gasteiger partial charge in [0, 0.05) is 10.9 Å². The Balaban J connectivity index is 2.07. The average molecular weight is 323 g/mol. The van der Waals surface area contributed by atoms with Gasteiger partial charge in [0.1, 0.15) is 5.82 Å². The number of aliphatic hydroxyl groups is 1. The molecule has 0 aliphatic rings. The van der Waals surface area contributed by atoms with Crippen LogP contribution in [0.15, 0.2) is 46.9 Å². The molecule has 2 aromatic rings. The Labute approximate surface area is 121 Å². The molecular weight excluding hydrogens is 307 g/mol. The van der Waals surface area contributed by atoms with Crippen molar-refractivity contribution in [2.24, 2.45) is 0 Å². The van der Waals surface area contributed by atoms with Gasteiger partial charge in [0.2, 0.25) is 0 Å². The quantitative estimate of drug-likeness (QED) is 0.900. The van der Waals surface area contributed by atoms with E-state index < -0.39 is 6.10 Å². The smallest absolute Gasteiger partial charge is 0.126 e. The molecule has 0 aromatic heterocycles. The highest BCUT2D eigenvalue weighted by Crippen LogP contribution is 2.19. The monoisotopic (exact) mass is 322 g/mol. The molecule has 0 bridgehead atoms. The summed E-state index contributed by atoms with van der Waals surface area (Å²) in [6, 6.07) is 12.7. The van der Waals surface area contributed by atoms with Crippen LogP contribution in [0.3, 0.4) is 0 Å². The van der Waals surface area contributed by atoms with Gasteiger partial charge >= 0.3 is 0 Å². The van der Waals surface area contributed by atoms with E-state index in [4.69, 9.17) is 0 Å². The van der Waals surface area contributed by atoms with Crippen molar-refractivity contribution in [3.63, 3.8) is 0 Å². The van der Waals surface area contributed by atoms with E-state index in [1.807, 2.05) is 31.2 Å². The van der Waals surface area contributed by atoms with Crippen molar-refractivity contribution in [1.82, 2.24) is 0 Å². The second-order valence-electron chi connectivity index (χ2n) is 4.72. The van der Waals surface area contributed by atoms with E-state index in [0.717, 1.165) is 15.6 Å². The molecule has 0 aliphatic carbocycles. The summed E-state index contributed by atoms with van der Waals surface area (Å²) in [5.74, 6) is -0.271. The van der Waals surface area contributed by atoms with Crippen LogP contribution in [0.1, 0.15) is 16.7 Å². The summed E-state index contributed by atoms with van der Waals surface area (Å²) in [4.78, 5) is 0. The second kappa shape index (κ2) is 6.31. The molecule has 0 saturated heterocycles. The lowest BCUT2D eigenvalue weighted by Crippen LogP contribution is -2.15. The summed E-state index contributed by atoms with van der Waals surface area (Å²) < 4.78 is 14.4. The minimum absolute atomic E-state index is 0.271. The van der Waals surface area contributed by atoms with Crippen LogP contribution in [0.5, 0.6) is 0 Å². The van der Waals surface area contributed by atoms with E-state index in [1.54, 1.807) is 12.1 Å². The third-order valence-electron chi connectivity index (χ3n) is 3.18. The van der Waals surface area contributed by atoms with Crippen LogP contribution in [0, 0.1) is 12.7 Å². The Morgan fingerprint density at radius 1 is 1.11 bits per heavy atom. The maximum atomic E-state index is 13.6. The zero-order valence-electron chi connectivity index (χ0n) is 10.7. The predicted molar refractivity (Wildman–Crippen MR) is 78.7 cm³/mol. The highest BCUT2D eigenvalue weighted by molar-refractivity contribution is 9.10. The van der Waals surface area contributed by atoms with Gasteiger partial charge in [-0.25, -0.2) is 4.39 Å². The Hall–Kier alpha value is -1.19. The van der Waals surface area contributed by atoms with E-state index in [2.05, 4.69) is 15.9 Å². The van der Waals surface area contributed by atoms with Gasteiger partial charge in [-0.3, -0.25) is 0 Å². The molecule has 100 valence electrons. The number of benzene rings is 2. The van der Waals surface area contributed by atoms with Gasteiger partial charge < -0.3 is 5.11 Å². The molecule has 1 N–H and O–H groups in total. The van der Waals surface area contributed by atoms with Crippen LogP contribution < -0.4 is 0 Å². The predicted octanol–water partition coefficient (Wildman–Crippen LogP) is 4.04. The average Bonchev–Trinajstić information content (AvgIpc) is 2.37. The molecule has 0 amide bonds. The first-order valence-electron chi connectivity index (χ1n) is 6.23. The van der Waals surface area contributed by atoms with Crippen LogP contribution in [0.2, 0.25) is 0 Å². The second-order valence-corrected chi connectivity index (χ2v) is 5.64. The zero-order valence-corrected chi connectivity index (χ0v) is 12.3. The lowest BCUT2D eigenvalue weighted by molar-refractivity contribution is 0.174.